The van der Waals surface area contributed by atoms with Crippen molar-refractivity contribution in [3.05, 3.63) is 10.4 Å². The molecule has 0 aromatic carbocycles. The Kier molecular flexibility index (Phi) is 30.3. The summed E-state index contributed by atoms with van der Waals surface area (Å²) in [5.41, 5.74) is 8.12. The first kappa shape index (κ1) is 32.1. The Morgan fingerprint density at radius 3 is 1.18 bits per heavy atom. The normalized spacial score (nSPS) is 11.1. The summed E-state index contributed by atoms with van der Waals surface area (Å²) in [5, 5.41) is 3.39. The van der Waals surface area contributed by atoms with Crippen LogP contribution in [0.4, 0.5) is 0 Å². The Bertz CT molecular complexity index is 407. The number of azide groups is 1. The van der Waals surface area contributed by atoms with Crippen LogP contribution < -0.4 is 0 Å². The minimum absolute atomic E-state index is 0.360. The van der Waals surface area contributed by atoms with E-state index in [0.717, 1.165) is 13.0 Å². The van der Waals surface area contributed by atoms with E-state index in [9.17, 15) is 0 Å². The quantitative estimate of drug-likeness (QED) is 0.0486. The van der Waals surface area contributed by atoms with E-state index < -0.39 is 0 Å². The Labute approximate surface area is 203 Å². The largest absolute Gasteiger partial charge is 0.379 e. The lowest BCUT2D eigenvalue weighted by atomic mass is 10.0. The fourth-order valence-corrected chi connectivity index (χ4v) is 3.66. The summed E-state index contributed by atoms with van der Waals surface area (Å²) in [5.74, 6) is 0. The Hall–Kier alpha value is -0.850. The topological polar surface area (TPSA) is 85.7 Å². The second-order valence-corrected chi connectivity index (χ2v) is 8.71. The summed E-state index contributed by atoms with van der Waals surface area (Å²) < 4.78 is 21.7. The molecular formula is C26H53N3O4. The second-order valence-electron chi connectivity index (χ2n) is 8.71. The molecule has 33 heavy (non-hydrogen) atoms. The standard InChI is InChI=1S/C26H53N3O4/c1-2-3-4-5-6-7-8-9-10-11-12-13-14-15-16-17-19-30-21-23-32-25-26-33-24-22-31-20-18-28-29-27/h2-26H2,1H3. The lowest BCUT2D eigenvalue weighted by Gasteiger charge is -2.07. The molecule has 0 heterocycles. The molecule has 196 valence electrons. The van der Waals surface area contributed by atoms with Crippen LogP contribution in [-0.4, -0.2) is 59.4 Å². The summed E-state index contributed by atoms with van der Waals surface area (Å²) in [4.78, 5) is 2.66. The van der Waals surface area contributed by atoms with Crippen LogP contribution in [0.1, 0.15) is 110 Å². The molecule has 0 aliphatic rings. The second kappa shape index (κ2) is 31.1. The lowest BCUT2D eigenvalue weighted by molar-refractivity contribution is -0.00134. The van der Waals surface area contributed by atoms with Crippen molar-refractivity contribution in [2.45, 2.75) is 110 Å². The zero-order chi connectivity index (χ0) is 23.9. The van der Waals surface area contributed by atoms with Gasteiger partial charge in [-0.05, 0) is 12.0 Å². The van der Waals surface area contributed by atoms with Crippen molar-refractivity contribution in [2.24, 2.45) is 5.11 Å². The van der Waals surface area contributed by atoms with Crippen LogP contribution in [0.3, 0.4) is 0 Å². The van der Waals surface area contributed by atoms with Gasteiger partial charge in [-0.2, -0.15) is 0 Å². The van der Waals surface area contributed by atoms with Gasteiger partial charge < -0.3 is 18.9 Å². The van der Waals surface area contributed by atoms with Crippen molar-refractivity contribution in [2.75, 3.05) is 59.4 Å². The molecule has 0 rings (SSSR count). The van der Waals surface area contributed by atoms with Crippen LogP contribution in [0.15, 0.2) is 5.11 Å². The summed E-state index contributed by atoms with van der Waals surface area (Å²) in [7, 11) is 0. The fourth-order valence-electron chi connectivity index (χ4n) is 3.66. The summed E-state index contributed by atoms with van der Waals surface area (Å²) in [6.45, 7) is 7.34. The number of hydrogen-bond acceptors (Lipinski definition) is 5. The van der Waals surface area contributed by atoms with Crippen LogP contribution in [-0.2, 0) is 18.9 Å². The molecule has 0 radical (unpaired) electrons. The molecule has 7 nitrogen and oxygen atoms in total. The zero-order valence-electron chi connectivity index (χ0n) is 21.7. The molecule has 0 aliphatic carbocycles. The van der Waals surface area contributed by atoms with Gasteiger partial charge in [0.2, 0.25) is 0 Å². The molecule has 0 saturated carbocycles. The molecule has 0 fully saturated rings. The lowest BCUT2D eigenvalue weighted by Crippen LogP contribution is -2.12. The summed E-state index contributed by atoms with van der Waals surface area (Å²) in [6.07, 6.45) is 22.3. The van der Waals surface area contributed by atoms with E-state index in [1.54, 1.807) is 0 Å². The van der Waals surface area contributed by atoms with Gasteiger partial charge >= 0.3 is 0 Å². The molecule has 0 aromatic heterocycles. The molecule has 0 amide bonds. The van der Waals surface area contributed by atoms with Crippen molar-refractivity contribution >= 4 is 0 Å². The van der Waals surface area contributed by atoms with Gasteiger partial charge in [0.1, 0.15) is 0 Å². The Morgan fingerprint density at radius 2 is 0.788 bits per heavy atom. The van der Waals surface area contributed by atoms with E-state index in [-0.39, 0.29) is 0 Å². The number of nitrogens with zero attached hydrogens (tertiary/aromatic N) is 3. The molecule has 0 N–H and O–H groups in total. The molecule has 0 spiro atoms. The van der Waals surface area contributed by atoms with Crippen molar-refractivity contribution < 1.29 is 18.9 Å². The van der Waals surface area contributed by atoms with E-state index in [1.807, 2.05) is 0 Å². The summed E-state index contributed by atoms with van der Waals surface area (Å²) >= 11 is 0. The van der Waals surface area contributed by atoms with Gasteiger partial charge in [-0.15, -0.1) is 0 Å². The smallest absolute Gasteiger partial charge is 0.0701 e. The van der Waals surface area contributed by atoms with Crippen LogP contribution in [0.25, 0.3) is 10.4 Å². The van der Waals surface area contributed by atoms with E-state index in [4.69, 9.17) is 24.5 Å². The zero-order valence-corrected chi connectivity index (χ0v) is 21.7. The molecule has 0 aromatic rings. The summed E-state index contributed by atoms with van der Waals surface area (Å²) in [6, 6.07) is 0. The van der Waals surface area contributed by atoms with Gasteiger partial charge in [-0.3, -0.25) is 0 Å². The van der Waals surface area contributed by atoms with E-state index in [1.165, 1.54) is 96.3 Å². The maximum Gasteiger partial charge on any atom is 0.0701 e. The van der Waals surface area contributed by atoms with E-state index >= 15 is 0 Å². The average Bonchev–Trinajstić information content (AvgIpc) is 2.83. The van der Waals surface area contributed by atoms with Crippen molar-refractivity contribution in [1.29, 1.82) is 0 Å². The number of rotatable bonds is 29. The predicted molar refractivity (Wildman–Crippen MR) is 137 cm³/mol. The molecule has 0 atom stereocenters. The Balaban J connectivity index is 3.01. The molecule has 0 saturated heterocycles. The highest BCUT2D eigenvalue weighted by atomic mass is 16.6. The predicted octanol–water partition coefficient (Wildman–Crippen LogP) is 7.62. The number of ether oxygens (including phenoxy) is 4. The molecule has 0 bridgehead atoms. The minimum Gasteiger partial charge on any atom is -0.379 e. The van der Waals surface area contributed by atoms with Crippen molar-refractivity contribution in [3.63, 3.8) is 0 Å². The van der Waals surface area contributed by atoms with Crippen LogP contribution in [0.2, 0.25) is 0 Å². The molecule has 7 heteroatoms. The van der Waals surface area contributed by atoms with Gasteiger partial charge in [-0.1, -0.05) is 108 Å². The molecule has 0 aliphatic heterocycles. The number of unbranched alkanes of at least 4 members (excludes halogenated alkanes) is 15. The first-order valence-electron chi connectivity index (χ1n) is 13.7. The van der Waals surface area contributed by atoms with Crippen LogP contribution in [0, 0.1) is 0 Å². The van der Waals surface area contributed by atoms with Crippen LogP contribution in [0.5, 0.6) is 0 Å². The Morgan fingerprint density at radius 1 is 0.455 bits per heavy atom. The monoisotopic (exact) mass is 471 g/mol. The van der Waals surface area contributed by atoms with Crippen molar-refractivity contribution in [1.82, 2.24) is 0 Å². The molecular weight excluding hydrogens is 418 g/mol. The van der Waals surface area contributed by atoms with Gasteiger partial charge in [0, 0.05) is 18.1 Å². The number of hydrogen-bond donors (Lipinski definition) is 0. The first-order valence-corrected chi connectivity index (χ1v) is 13.7. The average molecular weight is 472 g/mol. The SMILES string of the molecule is CCCCCCCCCCCCCCCCCCOCCOCCOCCOCCN=[N+]=[N-]. The van der Waals surface area contributed by atoms with Crippen molar-refractivity contribution in [3.8, 4) is 0 Å². The van der Waals surface area contributed by atoms with Gasteiger partial charge in [0.05, 0.1) is 46.2 Å². The van der Waals surface area contributed by atoms with E-state index in [2.05, 4.69) is 16.9 Å². The maximum atomic E-state index is 8.12. The van der Waals surface area contributed by atoms with Gasteiger partial charge in [-0.25, -0.2) is 0 Å². The minimum atomic E-state index is 0.360. The molecule has 0 unspecified atom stereocenters. The first-order chi connectivity index (χ1) is 16.4. The fraction of sp³-hybridized carbons (Fsp3) is 1.00. The third-order valence-corrected chi connectivity index (χ3v) is 5.66. The third-order valence-electron chi connectivity index (χ3n) is 5.66. The third kappa shape index (κ3) is 31.1. The van der Waals surface area contributed by atoms with Gasteiger partial charge in [0.15, 0.2) is 0 Å². The van der Waals surface area contributed by atoms with Gasteiger partial charge in [0.25, 0.3) is 0 Å². The van der Waals surface area contributed by atoms with Crippen LogP contribution >= 0.6 is 0 Å². The highest BCUT2D eigenvalue weighted by molar-refractivity contribution is 4.50. The maximum absolute atomic E-state index is 8.12. The highest BCUT2D eigenvalue weighted by Crippen LogP contribution is 2.13. The van der Waals surface area contributed by atoms with E-state index in [0.29, 0.717) is 52.8 Å². The highest BCUT2D eigenvalue weighted by Gasteiger charge is 1.96.